The molecule has 0 saturated carbocycles. The maximum absolute atomic E-state index is 11.9. The molecule has 0 radical (unpaired) electrons. The first-order valence-corrected chi connectivity index (χ1v) is 6.65. The Morgan fingerprint density at radius 1 is 1.30 bits per heavy atom. The third kappa shape index (κ3) is 2.72. The van der Waals surface area contributed by atoms with Gasteiger partial charge >= 0.3 is 0 Å². The summed E-state index contributed by atoms with van der Waals surface area (Å²) in [6, 6.07) is 9.14. The van der Waals surface area contributed by atoms with E-state index in [2.05, 4.69) is 5.10 Å². The second-order valence-corrected chi connectivity index (χ2v) is 4.26. The Kier molecular flexibility index (Phi) is 4.53. The number of aliphatic hydroxyl groups excluding tert-OH is 1. The monoisotopic (exact) mass is 274 g/mol. The highest BCUT2D eigenvalue weighted by molar-refractivity contribution is 5.67. The molecule has 0 saturated heterocycles. The van der Waals surface area contributed by atoms with Gasteiger partial charge in [0.25, 0.3) is 5.56 Å². The summed E-state index contributed by atoms with van der Waals surface area (Å²) in [4.78, 5) is 11.9. The van der Waals surface area contributed by atoms with Crippen molar-refractivity contribution in [2.24, 2.45) is 0 Å². The van der Waals surface area contributed by atoms with Crippen LogP contribution >= 0.6 is 0 Å². The van der Waals surface area contributed by atoms with E-state index in [1.54, 1.807) is 6.07 Å². The number of hydrogen-bond donors (Lipinski definition) is 1. The number of rotatable bonds is 5. The summed E-state index contributed by atoms with van der Waals surface area (Å²) in [7, 11) is 0. The summed E-state index contributed by atoms with van der Waals surface area (Å²) in [5, 5.41) is 13.6. The fourth-order valence-electron chi connectivity index (χ4n) is 2.02. The predicted octanol–water partition coefficient (Wildman–Crippen LogP) is 1.82. The van der Waals surface area contributed by atoms with E-state index in [0.29, 0.717) is 30.2 Å². The zero-order chi connectivity index (χ0) is 14.5. The smallest absolute Gasteiger partial charge is 0.272 e. The highest BCUT2D eigenvalue weighted by Gasteiger charge is 2.12. The van der Waals surface area contributed by atoms with Gasteiger partial charge in [-0.1, -0.05) is 12.1 Å². The minimum atomic E-state index is -0.300. The van der Waals surface area contributed by atoms with Crippen LogP contribution in [0.4, 0.5) is 0 Å². The van der Waals surface area contributed by atoms with Gasteiger partial charge < -0.3 is 9.84 Å². The fraction of sp³-hybridized carbons (Fsp3) is 0.333. The number of aromatic nitrogens is 2. The summed E-state index contributed by atoms with van der Waals surface area (Å²) in [5.74, 6) is 0.715. The number of para-hydroxylation sites is 1. The predicted molar refractivity (Wildman–Crippen MR) is 76.7 cm³/mol. The van der Waals surface area contributed by atoms with Gasteiger partial charge in [0.15, 0.2) is 0 Å². The third-order valence-electron chi connectivity index (χ3n) is 2.98. The van der Waals surface area contributed by atoms with Crippen LogP contribution < -0.4 is 10.3 Å². The average Bonchev–Trinajstić information content (AvgIpc) is 2.48. The number of ether oxygens (including phenoxy) is 1. The fourth-order valence-corrected chi connectivity index (χ4v) is 2.02. The van der Waals surface area contributed by atoms with Crippen LogP contribution in [0.1, 0.15) is 19.4 Å². The molecule has 2 aromatic rings. The molecule has 0 aliphatic heterocycles. The SMILES string of the molecule is CCOc1ccccc1-c1cc(CO)c(=O)n(CC)n1. The van der Waals surface area contributed by atoms with Crippen molar-refractivity contribution >= 4 is 0 Å². The van der Waals surface area contributed by atoms with E-state index < -0.39 is 0 Å². The first kappa shape index (κ1) is 14.3. The molecule has 20 heavy (non-hydrogen) atoms. The standard InChI is InChI=1S/C15H18N2O3/c1-3-17-15(19)11(10-18)9-13(16-17)12-7-5-6-8-14(12)20-4-2/h5-9,18H,3-4,10H2,1-2H3. The highest BCUT2D eigenvalue weighted by atomic mass is 16.5. The topological polar surface area (TPSA) is 64.3 Å². The molecular formula is C15H18N2O3. The Labute approximate surface area is 117 Å². The Morgan fingerprint density at radius 3 is 2.70 bits per heavy atom. The van der Waals surface area contributed by atoms with Crippen molar-refractivity contribution in [1.82, 2.24) is 9.78 Å². The highest BCUT2D eigenvalue weighted by Crippen LogP contribution is 2.28. The van der Waals surface area contributed by atoms with Gasteiger partial charge in [0.05, 0.1) is 18.9 Å². The lowest BCUT2D eigenvalue weighted by molar-refractivity contribution is 0.278. The number of nitrogens with zero attached hydrogens (tertiary/aromatic N) is 2. The van der Waals surface area contributed by atoms with Crippen molar-refractivity contribution in [3.8, 4) is 17.0 Å². The molecule has 0 aliphatic carbocycles. The largest absolute Gasteiger partial charge is 0.493 e. The van der Waals surface area contributed by atoms with Gasteiger partial charge in [0, 0.05) is 17.7 Å². The molecule has 1 aromatic heterocycles. The molecule has 0 amide bonds. The summed E-state index contributed by atoms with van der Waals surface area (Å²) in [6.07, 6.45) is 0. The van der Waals surface area contributed by atoms with Crippen LogP contribution in [-0.2, 0) is 13.2 Å². The minimum absolute atomic E-state index is 0.257. The van der Waals surface area contributed by atoms with E-state index >= 15 is 0 Å². The van der Waals surface area contributed by atoms with Crippen molar-refractivity contribution in [2.45, 2.75) is 27.0 Å². The third-order valence-corrected chi connectivity index (χ3v) is 2.98. The Bertz CT molecular complexity index is 622. The second-order valence-electron chi connectivity index (χ2n) is 4.26. The Morgan fingerprint density at radius 2 is 2.05 bits per heavy atom. The maximum Gasteiger partial charge on any atom is 0.272 e. The second kappa shape index (κ2) is 6.34. The molecule has 0 bridgehead atoms. The Balaban J connectivity index is 2.61. The van der Waals surface area contributed by atoms with E-state index in [1.807, 2.05) is 38.1 Å². The summed E-state index contributed by atoms with van der Waals surface area (Å²) >= 11 is 0. The van der Waals surface area contributed by atoms with Gasteiger partial charge in [-0.25, -0.2) is 4.68 Å². The van der Waals surface area contributed by atoms with Gasteiger partial charge in [-0.05, 0) is 32.0 Å². The molecule has 2 rings (SSSR count). The molecule has 0 aliphatic rings. The summed E-state index contributed by atoms with van der Waals surface area (Å²) in [6.45, 7) is 4.46. The van der Waals surface area contributed by atoms with Crippen molar-refractivity contribution in [3.63, 3.8) is 0 Å². The lowest BCUT2D eigenvalue weighted by atomic mass is 10.1. The zero-order valence-electron chi connectivity index (χ0n) is 11.7. The first-order valence-electron chi connectivity index (χ1n) is 6.65. The molecule has 0 fully saturated rings. The van der Waals surface area contributed by atoms with Crippen LogP contribution in [-0.4, -0.2) is 21.5 Å². The number of aliphatic hydroxyl groups is 1. The van der Waals surface area contributed by atoms with Gasteiger partial charge in [0.2, 0.25) is 0 Å². The lowest BCUT2D eigenvalue weighted by Gasteiger charge is -2.12. The summed E-state index contributed by atoms with van der Waals surface area (Å²) < 4.78 is 6.93. The number of hydrogen-bond acceptors (Lipinski definition) is 4. The van der Waals surface area contributed by atoms with Gasteiger partial charge in [0.1, 0.15) is 5.75 Å². The van der Waals surface area contributed by atoms with Crippen molar-refractivity contribution in [1.29, 1.82) is 0 Å². The molecular weight excluding hydrogens is 256 g/mol. The quantitative estimate of drug-likeness (QED) is 0.903. The normalized spacial score (nSPS) is 10.6. The van der Waals surface area contributed by atoms with E-state index in [-0.39, 0.29) is 12.2 Å². The van der Waals surface area contributed by atoms with E-state index in [0.717, 1.165) is 5.56 Å². The van der Waals surface area contributed by atoms with Crippen molar-refractivity contribution < 1.29 is 9.84 Å². The summed E-state index contributed by atoms with van der Waals surface area (Å²) in [5.41, 5.74) is 1.52. The maximum atomic E-state index is 11.9. The first-order chi connectivity index (χ1) is 9.71. The van der Waals surface area contributed by atoms with E-state index in [9.17, 15) is 9.90 Å². The number of benzene rings is 1. The van der Waals surface area contributed by atoms with Gasteiger partial charge in [-0.3, -0.25) is 4.79 Å². The van der Waals surface area contributed by atoms with Gasteiger partial charge in [-0.15, -0.1) is 0 Å². The van der Waals surface area contributed by atoms with Crippen LogP contribution in [0, 0.1) is 0 Å². The minimum Gasteiger partial charge on any atom is -0.493 e. The average molecular weight is 274 g/mol. The van der Waals surface area contributed by atoms with Crippen LogP contribution in [0.2, 0.25) is 0 Å². The molecule has 5 nitrogen and oxygen atoms in total. The van der Waals surface area contributed by atoms with Crippen molar-refractivity contribution in [2.75, 3.05) is 6.61 Å². The lowest BCUT2D eigenvalue weighted by Crippen LogP contribution is -2.26. The van der Waals surface area contributed by atoms with Gasteiger partial charge in [-0.2, -0.15) is 5.10 Å². The molecule has 1 N–H and O–H groups in total. The molecule has 5 heteroatoms. The molecule has 106 valence electrons. The molecule has 1 aromatic carbocycles. The molecule has 0 atom stereocenters. The number of aryl methyl sites for hydroxylation is 1. The Hall–Kier alpha value is -2.14. The van der Waals surface area contributed by atoms with Crippen LogP contribution in [0.5, 0.6) is 5.75 Å². The van der Waals surface area contributed by atoms with Crippen LogP contribution in [0.3, 0.4) is 0 Å². The van der Waals surface area contributed by atoms with E-state index in [1.165, 1.54) is 4.68 Å². The van der Waals surface area contributed by atoms with Crippen LogP contribution in [0.15, 0.2) is 35.1 Å². The van der Waals surface area contributed by atoms with E-state index in [4.69, 9.17) is 4.74 Å². The van der Waals surface area contributed by atoms with Crippen LogP contribution in [0.25, 0.3) is 11.3 Å². The molecule has 0 spiro atoms. The zero-order valence-corrected chi connectivity index (χ0v) is 11.7. The molecule has 0 unspecified atom stereocenters. The molecule has 1 heterocycles. The van der Waals surface area contributed by atoms with Crippen molar-refractivity contribution in [3.05, 3.63) is 46.2 Å².